The van der Waals surface area contributed by atoms with Crippen LogP contribution in [0.3, 0.4) is 0 Å². The molecule has 0 fully saturated rings. The van der Waals surface area contributed by atoms with Gasteiger partial charge < -0.3 is 15.8 Å². The number of rotatable bonds is 5. The monoisotopic (exact) mass is 363 g/mol. The molecule has 1 aromatic carbocycles. The molecule has 5 heteroatoms. The zero-order valence-corrected chi connectivity index (χ0v) is 13.5. The van der Waals surface area contributed by atoms with Gasteiger partial charge in [0.25, 0.3) is 0 Å². The number of benzene rings is 1. The minimum absolute atomic E-state index is 0. The predicted molar refractivity (Wildman–Crippen MR) is 86.8 cm³/mol. The molecule has 18 heavy (non-hydrogen) atoms. The largest absolute Gasteiger partial charge is 0.497 e. The van der Waals surface area contributed by atoms with Gasteiger partial charge in [0.2, 0.25) is 0 Å². The van der Waals surface area contributed by atoms with Crippen LogP contribution in [-0.2, 0) is 6.54 Å². The fourth-order valence-corrected chi connectivity index (χ4v) is 1.52. The second kappa shape index (κ2) is 9.02. The predicted octanol–water partition coefficient (Wildman–Crippen LogP) is 2.44. The van der Waals surface area contributed by atoms with Crippen molar-refractivity contribution in [3.8, 4) is 5.75 Å². The first-order valence-electron chi connectivity index (χ1n) is 5.84. The minimum Gasteiger partial charge on any atom is -0.497 e. The summed E-state index contributed by atoms with van der Waals surface area (Å²) in [6.07, 6.45) is 1.04. The number of aryl methyl sites for hydroxylation is 1. The summed E-state index contributed by atoms with van der Waals surface area (Å²) in [5.74, 6) is 1.35. The van der Waals surface area contributed by atoms with E-state index in [1.54, 1.807) is 7.11 Å². The van der Waals surface area contributed by atoms with Gasteiger partial charge in [0, 0.05) is 6.54 Å². The van der Waals surface area contributed by atoms with E-state index in [9.17, 15) is 0 Å². The van der Waals surface area contributed by atoms with Crippen molar-refractivity contribution in [2.75, 3.05) is 13.7 Å². The van der Waals surface area contributed by atoms with Gasteiger partial charge in [-0.3, -0.25) is 0 Å². The van der Waals surface area contributed by atoms with Crippen molar-refractivity contribution in [2.24, 2.45) is 10.7 Å². The average Bonchev–Trinajstić information content (AvgIpc) is 2.33. The Morgan fingerprint density at radius 2 is 2.11 bits per heavy atom. The van der Waals surface area contributed by atoms with Crippen LogP contribution >= 0.6 is 24.0 Å². The highest BCUT2D eigenvalue weighted by molar-refractivity contribution is 14.0. The third kappa shape index (κ3) is 6.09. The Morgan fingerprint density at radius 1 is 1.39 bits per heavy atom. The number of nitrogens with two attached hydrogens (primary N) is 1. The maximum atomic E-state index is 5.72. The molecule has 0 amide bonds. The van der Waals surface area contributed by atoms with E-state index in [-0.39, 0.29) is 24.0 Å². The maximum Gasteiger partial charge on any atom is 0.188 e. The first kappa shape index (κ1) is 17.0. The molecule has 1 aromatic rings. The first-order valence-corrected chi connectivity index (χ1v) is 5.84. The zero-order chi connectivity index (χ0) is 12.7. The van der Waals surface area contributed by atoms with Gasteiger partial charge in [-0.15, -0.1) is 24.0 Å². The highest BCUT2D eigenvalue weighted by atomic mass is 127. The first-order chi connectivity index (χ1) is 8.15. The van der Waals surface area contributed by atoms with Crippen molar-refractivity contribution in [3.05, 3.63) is 29.3 Å². The van der Waals surface area contributed by atoms with Gasteiger partial charge in [-0.05, 0) is 36.6 Å². The topological polar surface area (TPSA) is 59.6 Å². The van der Waals surface area contributed by atoms with Crippen LogP contribution in [0.4, 0.5) is 0 Å². The van der Waals surface area contributed by atoms with Crippen molar-refractivity contribution < 1.29 is 4.74 Å². The van der Waals surface area contributed by atoms with Crippen molar-refractivity contribution in [1.82, 2.24) is 5.32 Å². The van der Waals surface area contributed by atoms with Crippen LogP contribution in [0.1, 0.15) is 24.5 Å². The molecule has 0 radical (unpaired) electrons. The van der Waals surface area contributed by atoms with Crippen LogP contribution in [0.5, 0.6) is 5.75 Å². The molecule has 0 bridgehead atoms. The third-order valence-electron chi connectivity index (χ3n) is 2.33. The van der Waals surface area contributed by atoms with E-state index < -0.39 is 0 Å². The van der Waals surface area contributed by atoms with E-state index in [1.807, 2.05) is 19.1 Å². The third-order valence-corrected chi connectivity index (χ3v) is 2.33. The summed E-state index contributed by atoms with van der Waals surface area (Å²) in [7, 11) is 1.67. The molecule has 0 heterocycles. The Bertz CT molecular complexity index is 394. The molecule has 3 N–H and O–H groups in total. The number of nitrogens with zero attached hydrogens (tertiary/aromatic N) is 1. The SMILES string of the molecule is CCCNC(N)=NCc1cc(C)cc(OC)c1.I. The maximum absolute atomic E-state index is 5.72. The zero-order valence-electron chi connectivity index (χ0n) is 11.2. The van der Waals surface area contributed by atoms with Crippen molar-refractivity contribution in [2.45, 2.75) is 26.8 Å². The van der Waals surface area contributed by atoms with Crippen LogP contribution in [0.2, 0.25) is 0 Å². The van der Waals surface area contributed by atoms with Gasteiger partial charge in [-0.2, -0.15) is 0 Å². The minimum atomic E-state index is 0. The number of methoxy groups -OCH3 is 1. The molecule has 1 rings (SSSR count). The lowest BCUT2D eigenvalue weighted by atomic mass is 10.1. The van der Waals surface area contributed by atoms with E-state index in [4.69, 9.17) is 10.5 Å². The second-order valence-electron chi connectivity index (χ2n) is 3.99. The number of halogens is 1. The molecule has 102 valence electrons. The smallest absolute Gasteiger partial charge is 0.188 e. The lowest BCUT2D eigenvalue weighted by Gasteiger charge is -2.06. The number of aliphatic imine (C=N–C) groups is 1. The molecule has 0 aromatic heterocycles. The summed E-state index contributed by atoms with van der Waals surface area (Å²) in [6.45, 7) is 5.55. The van der Waals surface area contributed by atoms with E-state index >= 15 is 0 Å². The lowest BCUT2D eigenvalue weighted by Crippen LogP contribution is -2.32. The number of hydrogen-bond donors (Lipinski definition) is 2. The standard InChI is InChI=1S/C13H21N3O.HI/c1-4-5-15-13(14)16-9-11-6-10(2)7-12(8-11)17-3;/h6-8H,4-5,9H2,1-3H3,(H3,14,15,16);1H. The van der Waals surface area contributed by atoms with Gasteiger partial charge in [0.15, 0.2) is 5.96 Å². The fourth-order valence-electron chi connectivity index (χ4n) is 1.52. The Hall–Kier alpha value is -0.980. The second-order valence-corrected chi connectivity index (χ2v) is 3.99. The van der Waals surface area contributed by atoms with Gasteiger partial charge in [0.1, 0.15) is 5.75 Å². The summed E-state index contributed by atoms with van der Waals surface area (Å²) >= 11 is 0. The molecule has 0 saturated heterocycles. The van der Waals surface area contributed by atoms with Crippen LogP contribution in [0.25, 0.3) is 0 Å². The van der Waals surface area contributed by atoms with Gasteiger partial charge in [-0.1, -0.05) is 13.0 Å². The molecule has 0 unspecified atom stereocenters. The van der Waals surface area contributed by atoms with Crippen molar-refractivity contribution in [1.29, 1.82) is 0 Å². The summed E-state index contributed by atoms with van der Waals surface area (Å²) in [5.41, 5.74) is 7.99. The molecular formula is C13H22IN3O. The highest BCUT2D eigenvalue weighted by Crippen LogP contribution is 2.16. The normalized spacial score (nSPS) is 10.7. The molecule has 0 atom stereocenters. The van der Waals surface area contributed by atoms with Gasteiger partial charge in [-0.25, -0.2) is 4.99 Å². The summed E-state index contributed by atoms with van der Waals surface area (Å²) in [6, 6.07) is 6.05. The Kier molecular flexibility index (Phi) is 8.53. The molecule has 0 saturated carbocycles. The number of guanidine groups is 1. The van der Waals surface area contributed by atoms with Crippen LogP contribution in [0.15, 0.2) is 23.2 Å². The summed E-state index contributed by atoms with van der Waals surface area (Å²) in [5, 5.41) is 3.04. The lowest BCUT2D eigenvalue weighted by molar-refractivity contribution is 0.414. The number of hydrogen-bond acceptors (Lipinski definition) is 2. The molecule has 0 aliphatic heterocycles. The fraction of sp³-hybridized carbons (Fsp3) is 0.462. The van der Waals surface area contributed by atoms with Crippen molar-refractivity contribution >= 4 is 29.9 Å². The van der Waals surface area contributed by atoms with Gasteiger partial charge in [0.05, 0.1) is 13.7 Å². The van der Waals surface area contributed by atoms with Crippen LogP contribution in [-0.4, -0.2) is 19.6 Å². The molecule has 4 nitrogen and oxygen atoms in total. The van der Waals surface area contributed by atoms with E-state index in [1.165, 1.54) is 0 Å². The summed E-state index contributed by atoms with van der Waals surface area (Å²) < 4.78 is 5.21. The van der Waals surface area contributed by atoms with E-state index in [0.29, 0.717) is 12.5 Å². The van der Waals surface area contributed by atoms with Crippen molar-refractivity contribution in [3.63, 3.8) is 0 Å². The average molecular weight is 363 g/mol. The molecular weight excluding hydrogens is 341 g/mol. The van der Waals surface area contributed by atoms with Crippen LogP contribution in [0, 0.1) is 6.92 Å². The van der Waals surface area contributed by atoms with E-state index in [2.05, 4.69) is 23.3 Å². The Morgan fingerprint density at radius 3 is 2.72 bits per heavy atom. The molecule has 0 spiro atoms. The van der Waals surface area contributed by atoms with Crippen LogP contribution < -0.4 is 15.8 Å². The molecule has 0 aliphatic carbocycles. The Balaban J connectivity index is 0.00000289. The van der Waals surface area contributed by atoms with Gasteiger partial charge >= 0.3 is 0 Å². The number of nitrogens with one attached hydrogen (secondary N) is 1. The van der Waals surface area contributed by atoms with E-state index in [0.717, 1.165) is 29.8 Å². The highest BCUT2D eigenvalue weighted by Gasteiger charge is 1.98. The molecule has 0 aliphatic rings. The quantitative estimate of drug-likeness (QED) is 0.480. The number of ether oxygens (including phenoxy) is 1. The summed E-state index contributed by atoms with van der Waals surface area (Å²) in [4.78, 5) is 4.28. The Labute approximate surface area is 126 Å².